The third-order valence-electron chi connectivity index (χ3n) is 4.16. The summed E-state index contributed by atoms with van der Waals surface area (Å²) in [6.45, 7) is 0. The van der Waals surface area contributed by atoms with Gasteiger partial charge in [-0.1, -0.05) is 24.3 Å². The van der Waals surface area contributed by atoms with Crippen molar-refractivity contribution in [3.63, 3.8) is 0 Å². The van der Waals surface area contributed by atoms with E-state index < -0.39 is 0 Å². The summed E-state index contributed by atoms with van der Waals surface area (Å²) < 4.78 is 10.3. The van der Waals surface area contributed by atoms with Crippen molar-refractivity contribution in [1.29, 1.82) is 0 Å². The minimum Gasteiger partial charge on any atom is -0.497 e. The van der Waals surface area contributed by atoms with Crippen molar-refractivity contribution < 1.29 is 14.3 Å². The van der Waals surface area contributed by atoms with Gasteiger partial charge in [0.1, 0.15) is 17.3 Å². The number of rotatable bonds is 10. The second-order valence-corrected chi connectivity index (χ2v) is 5.94. The van der Waals surface area contributed by atoms with Gasteiger partial charge < -0.3 is 9.47 Å². The molecule has 0 aliphatic carbocycles. The number of ketones is 1. The number of aryl methyl sites for hydroxylation is 2. The number of Topliss-reactive ketones (excluding diaryl/α,β-unsaturated/α-hetero) is 1. The zero-order valence-electron chi connectivity index (χ0n) is 14.6. The highest BCUT2D eigenvalue weighted by molar-refractivity contribution is 5.78. The fourth-order valence-electron chi connectivity index (χ4n) is 2.69. The summed E-state index contributed by atoms with van der Waals surface area (Å²) in [7, 11) is 3.33. The fourth-order valence-corrected chi connectivity index (χ4v) is 2.69. The first-order valence-corrected chi connectivity index (χ1v) is 8.49. The van der Waals surface area contributed by atoms with Crippen LogP contribution in [0, 0.1) is 0 Å². The van der Waals surface area contributed by atoms with E-state index in [1.807, 2.05) is 24.3 Å². The van der Waals surface area contributed by atoms with E-state index >= 15 is 0 Å². The molecule has 0 fully saturated rings. The lowest BCUT2D eigenvalue weighted by molar-refractivity contribution is -0.119. The first-order valence-electron chi connectivity index (χ1n) is 8.49. The third kappa shape index (κ3) is 6.07. The van der Waals surface area contributed by atoms with Crippen LogP contribution in [0.4, 0.5) is 0 Å². The molecule has 0 heterocycles. The van der Waals surface area contributed by atoms with E-state index in [4.69, 9.17) is 9.47 Å². The predicted molar refractivity (Wildman–Crippen MR) is 96.9 cm³/mol. The largest absolute Gasteiger partial charge is 0.497 e. The molecule has 128 valence electrons. The number of carbonyl (C=O) groups excluding carboxylic acids is 1. The van der Waals surface area contributed by atoms with Gasteiger partial charge in [0.05, 0.1) is 14.2 Å². The third-order valence-corrected chi connectivity index (χ3v) is 4.16. The second-order valence-electron chi connectivity index (χ2n) is 5.94. The highest BCUT2D eigenvalue weighted by atomic mass is 16.5. The number of hydrogen-bond donors (Lipinski definition) is 0. The Bertz CT molecular complexity index is 559. The molecule has 0 bridgehead atoms. The van der Waals surface area contributed by atoms with Gasteiger partial charge in [-0.25, -0.2) is 0 Å². The Labute approximate surface area is 144 Å². The van der Waals surface area contributed by atoms with Crippen LogP contribution in [0.2, 0.25) is 0 Å². The molecule has 24 heavy (non-hydrogen) atoms. The Kier molecular flexibility index (Phi) is 7.34. The maximum absolute atomic E-state index is 12.0. The molecular weight excluding hydrogens is 300 g/mol. The summed E-state index contributed by atoms with van der Waals surface area (Å²) in [4.78, 5) is 12.0. The molecule has 3 heteroatoms. The van der Waals surface area contributed by atoms with E-state index in [1.54, 1.807) is 14.2 Å². The normalized spacial score (nSPS) is 10.4. The van der Waals surface area contributed by atoms with Crippen molar-refractivity contribution >= 4 is 5.78 Å². The molecule has 0 aliphatic rings. The van der Waals surface area contributed by atoms with Crippen LogP contribution >= 0.6 is 0 Å². The van der Waals surface area contributed by atoms with E-state index in [0.29, 0.717) is 18.6 Å². The molecule has 2 rings (SSSR count). The molecule has 0 unspecified atom stereocenters. The second kappa shape index (κ2) is 9.76. The van der Waals surface area contributed by atoms with Gasteiger partial charge >= 0.3 is 0 Å². The van der Waals surface area contributed by atoms with Crippen molar-refractivity contribution in [3.8, 4) is 11.5 Å². The summed E-state index contributed by atoms with van der Waals surface area (Å²) in [5.74, 6) is 2.10. The molecule has 0 spiro atoms. The summed E-state index contributed by atoms with van der Waals surface area (Å²) in [6, 6.07) is 16.1. The Morgan fingerprint density at radius 1 is 0.708 bits per heavy atom. The van der Waals surface area contributed by atoms with Crippen LogP contribution in [0.5, 0.6) is 11.5 Å². The van der Waals surface area contributed by atoms with Crippen LogP contribution in [0.3, 0.4) is 0 Å². The summed E-state index contributed by atoms with van der Waals surface area (Å²) >= 11 is 0. The number of methoxy groups -OCH3 is 2. The first-order chi connectivity index (χ1) is 11.7. The summed E-state index contributed by atoms with van der Waals surface area (Å²) in [5.41, 5.74) is 2.50. The summed E-state index contributed by atoms with van der Waals surface area (Å²) in [5, 5.41) is 0. The predicted octanol–water partition coefficient (Wildman–Crippen LogP) is 4.62. The number of hydrogen-bond acceptors (Lipinski definition) is 3. The molecule has 2 aromatic rings. The minimum absolute atomic E-state index is 0.358. The van der Waals surface area contributed by atoms with Crippen LogP contribution in [-0.2, 0) is 17.6 Å². The highest BCUT2D eigenvalue weighted by Gasteiger charge is 2.03. The average Bonchev–Trinajstić information content (AvgIpc) is 2.63. The van der Waals surface area contributed by atoms with Gasteiger partial charge in [-0.05, 0) is 61.1 Å². The van der Waals surface area contributed by atoms with Gasteiger partial charge in [0, 0.05) is 12.8 Å². The van der Waals surface area contributed by atoms with Crippen molar-refractivity contribution in [2.75, 3.05) is 14.2 Å². The topological polar surface area (TPSA) is 35.5 Å². The van der Waals surface area contributed by atoms with Crippen LogP contribution in [0.1, 0.15) is 36.8 Å². The molecule has 0 atom stereocenters. The van der Waals surface area contributed by atoms with Crippen LogP contribution in [-0.4, -0.2) is 20.0 Å². The van der Waals surface area contributed by atoms with Crippen LogP contribution in [0.15, 0.2) is 48.5 Å². The smallest absolute Gasteiger partial charge is 0.132 e. The maximum Gasteiger partial charge on any atom is 0.132 e. The van der Waals surface area contributed by atoms with E-state index in [9.17, 15) is 4.79 Å². The SMILES string of the molecule is COc1ccc(CCCC(=O)CCCc2ccc(OC)cc2)cc1. The van der Waals surface area contributed by atoms with Gasteiger partial charge in [-0.2, -0.15) is 0 Å². The van der Waals surface area contributed by atoms with Crippen LogP contribution in [0.25, 0.3) is 0 Å². The number of carbonyl (C=O) groups is 1. The molecule has 0 radical (unpaired) electrons. The molecular formula is C21H26O3. The van der Waals surface area contributed by atoms with E-state index in [2.05, 4.69) is 24.3 Å². The Morgan fingerprint density at radius 3 is 1.42 bits per heavy atom. The zero-order chi connectivity index (χ0) is 17.2. The molecule has 2 aromatic carbocycles. The molecule has 0 N–H and O–H groups in total. The van der Waals surface area contributed by atoms with Gasteiger partial charge in [0.25, 0.3) is 0 Å². The minimum atomic E-state index is 0.358. The lowest BCUT2D eigenvalue weighted by atomic mass is 10.0. The molecule has 0 amide bonds. The zero-order valence-corrected chi connectivity index (χ0v) is 14.6. The first kappa shape index (κ1) is 18.1. The Hall–Kier alpha value is -2.29. The van der Waals surface area contributed by atoms with E-state index in [-0.39, 0.29) is 0 Å². The Morgan fingerprint density at radius 2 is 1.08 bits per heavy atom. The lowest BCUT2D eigenvalue weighted by Gasteiger charge is -2.05. The van der Waals surface area contributed by atoms with Crippen molar-refractivity contribution in [3.05, 3.63) is 59.7 Å². The standard InChI is InChI=1S/C21H26O3/c1-23-20-13-9-17(10-14-20)5-3-7-19(22)8-4-6-18-11-15-21(24-2)16-12-18/h9-16H,3-8H2,1-2H3. The quantitative estimate of drug-likeness (QED) is 0.639. The number of benzene rings is 2. The average molecular weight is 326 g/mol. The van der Waals surface area contributed by atoms with Crippen molar-refractivity contribution in [2.24, 2.45) is 0 Å². The molecule has 0 saturated carbocycles. The Balaban J connectivity index is 1.62. The lowest BCUT2D eigenvalue weighted by Crippen LogP contribution is -2.00. The van der Waals surface area contributed by atoms with Gasteiger partial charge in [-0.3, -0.25) is 4.79 Å². The molecule has 0 aromatic heterocycles. The highest BCUT2D eigenvalue weighted by Crippen LogP contribution is 2.15. The monoisotopic (exact) mass is 326 g/mol. The van der Waals surface area contributed by atoms with Crippen LogP contribution < -0.4 is 9.47 Å². The molecule has 0 saturated heterocycles. The molecule has 3 nitrogen and oxygen atoms in total. The van der Waals surface area contributed by atoms with Crippen molar-refractivity contribution in [1.82, 2.24) is 0 Å². The van der Waals surface area contributed by atoms with Gasteiger partial charge in [0.2, 0.25) is 0 Å². The van der Waals surface area contributed by atoms with E-state index in [0.717, 1.165) is 37.2 Å². The van der Waals surface area contributed by atoms with Gasteiger partial charge in [-0.15, -0.1) is 0 Å². The summed E-state index contributed by atoms with van der Waals surface area (Å²) in [6.07, 6.45) is 5.02. The van der Waals surface area contributed by atoms with Crippen molar-refractivity contribution in [2.45, 2.75) is 38.5 Å². The molecule has 0 aliphatic heterocycles. The van der Waals surface area contributed by atoms with Gasteiger partial charge in [0.15, 0.2) is 0 Å². The number of ether oxygens (including phenoxy) is 2. The maximum atomic E-state index is 12.0. The fraction of sp³-hybridized carbons (Fsp3) is 0.381. The van der Waals surface area contributed by atoms with E-state index in [1.165, 1.54) is 11.1 Å².